The summed E-state index contributed by atoms with van der Waals surface area (Å²) in [4.78, 5) is 2.09. The normalized spacial score (nSPS) is 17.5. The second kappa shape index (κ2) is 6.76. The van der Waals surface area contributed by atoms with E-state index >= 15 is 0 Å². The number of nitrogens with one attached hydrogen (secondary N) is 1. The quantitative estimate of drug-likeness (QED) is 0.862. The molecule has 1 saturated heterocycles. The van der Waals surface area contributed by atoms with Crippen molar-refractivity contribution >= 4 is 11.4 Å². The summed E-state index contributed by atoms with van der Waals surface area (Å²) in [5.74, 6) is -0.294. The lowest BCUT2D eigenvalue weighted by Crippen LogP contribution is -2.37. The largest absolute Gasteiger partial charge is 0.366 e. The lowest BCUT2D eigenvalue weighted by Gasteiger charge is -2.35. The maximum atomic E-state index is 14.3. The average Bonchev–Trinajstić information content (AvgIpc) is 2.49. The molecular weight excluding hydrogens is 267 g/mol. The zero-order chi connectivity index (χ0) is 15.2. The third kappa shape index (κ3) is 3.52. The molecule has 1 fully saturated rings. The van der Waals surface area contributed by atoms with Gasteiger partial charge in [0, 0.05) is 24.5 Å². The van der Waals surface area contributed by atoms with Crippen molar-refractivity contribution in [3.8, 4) is 12.1 Å². The molecule has 4 nitrogen and oxygen atoms in total. The van der Waals surface area contributed by atoms with E-state index in [-0.39, 0.29) is 11.4 Å². The van der Waals surface area contributed by atoms with Gasteiger partial charge in [0.15, 0.2) is 0 Å². The minimum atomic E-state index is -0.294. The molecule has 0 spiro atoms. The van der Waals surface area contributed by atoms with Gasteiger partial charge in [-0.25, -0.2) is 4.39 Å². The van der Waals surface area contributed by atoms with Gasteiger partial charge in [-0.1, -0.05) is 0 Å². The SMILES string of the molecule is CC1CCCCN1c1ccc(NC=C(C#N)C#N)cc1F. The van der Waals surface area contributed by atoms with Crippen molar-refractivity contribution in [1.82, 2.24) is 0 Å². The molecule has 0 aliphatic carbocycles. The fraction of sp³-hybridized carbons (Fsp3) is 0.375. The van der Waals surface area contributed by atoms with Crippen LogP contribution < -0.4 is 10.2 Å². The van der Waals surface area contributed by atoms with E-state index in [2.05, 4.69) is 17.1 Å². The van der Waals surface area contributed by atoms with E-state index in [1.54, 1.807) is 24.3 Å². The van der Waals surface area contributed by atoms with Gasteiger partial charge in [-0.2, -0.15) is 10.5 Å². The summed E-state index contributed by atoms with van der Waals surface area (Å²) in [7, 11) is 0. The van der Waals surface area contributed by atoms with Crippen LogP contribution in [0.4, 0.5) is 15.8 Å². The van der Waals surface area contributed by atoms with Crippen LogP contribution in [0.1, 0.15) is 26.2 Å². The van der Waals surface area contributed by atoms with Crippen LogP contribution in [0.15, 0.2) is 30.0 Å². The molecule has 108 valence electrons. The topological polar surface area (TPSA) is 62.9 Å². The molecule has 0 radical (unpaired) electrons. The Morgan fingerprint density at radius 1 is 1.38 bits per heavy atom. The molecule has 0 bridgehead atoms. The summed E-state index contributed by atoms with van der Waals surface area (Å²) < 4.78 is 14.3. The van der Waals surface area contributed by atoms with Crippen molar-refractivity contribution in [2.75, 3.05) is 16.8 Å². The van der Waals surface area contributed by atoms with E-state index < -0.39 is 0 Å². The molecule has 1 atom stereocenters. The van der Waals surface area contributed by atoms with E-state index in [4.69, 9.17) is 10.5 Å². The highest BCUT2D eigenvalue weighted by Crippen LogP contribution is 2.28. The molecule has 1 N–H and O–H groups in total. The highest BCUT2D eigenvalue weighted by atomic mass is 19.1. The van der Waals surface area contributed by atoms with E-state index in [0.717, 1.165) is 19.4 Å². The van der Waals surface area contributed by atoms with Crippen LogP contribution >= 0.6 is 0 Å². The summed E-state index contributed by atoms with van der Waals surface area (Å²) in [5.41, 5.74) is 1.07. The molecule has 0 amide bonds. The molecule has 1 aromatic carbocycles. The number of halogens is 1. The Balaban J connectivity index is 2.16. The van der Waals surface area contributed by atoms with Crippen molar-refractivity contribution < 1.29 is 4.39 Å². The van der Waals surface area contributed by atoms with Gasteiger partial charge in [-0.05, 0) is 44.4 Å². The van der Waals surface area contributed by atoms with Gasteiger partial charge in [0.1, 0.15) is 23.5 Å². The minimum Gasteiger partial charge on any atom is -0.366 e. The maximum Gasteiger partial charge on any atom is 0.148 e. The number of benzene rings is 1. The van der Waals surface area contributed by atoms with Crippen molar-refractivity contribution in [3.63, 3.8) is 0 Å². The Kier molecular flexibility index (Phi) is 4.79. The molecular formula is C16H17FN4. The van der Waals surface area contributed by atoms with Crippen LogP contribution in [0.25, 0.3) is 0 Å². The molecule has 0 saturated carbocycles. The Hall–Kier alpha value is -2.53. The molecule has 21 heavy (non-hydrogen) atoms. The lowest BCUT2D eigenvalue weighted by atomic mass is 10.0. The first kappa shape index (κ1) is 14.9. The van der Waals surface area contributed by atoms with Gasteiger partial charge in [0.2, 0.25) is 0 Å². The third-order valence-corrected chi connectivity index (χ3v) is 3.68. The van der Waals surface area contributed by atoms with Gasteiger partial charge in [0.25, 0.3) is 0 Å². The monoisotopic (exact) mass is 284 g/mol. The number of piperidine rings is 1. The molecule has 1 heterocycles. The predicted molar refractivity (Wildman–Crippen MR) is 80.0 cm³/mol. The number of hydrogen-bond donors (Lipinski definition) is 1. The number of nitriles is 2. The smallest absolute Gasteiger partial charge is 0.148 e. The molecule has 2 rings (SSSR count). The van der Waals surface area contributed by atoms with Gasteiger partial charge in [0.05, 0.1) is 5.69 Å². The van der Waals surface area contributed by atoms with Crippen molar-refractivity contribution in [3.05, 3.63) is 35.8 Å². The van der Waals surface area contributed by atoms with Crippen molar-refractivity contribution in [2.45, 2.75) is 32.2 Å². The van der Waals surface area contributed by atoms with Crippen LogP contribution in [0.3, 0.4) is 0 Å². The van der Waals surface area contributed by atoms with Crippen LogP contribution in [0.5, 0.6) is 0 Å². The van der Waals surface area contributed by atoms with Crippen LogP contribution in [-0.2, 0) is 0 Å². The number of hydrogen-bond acceptors (Lipinski definition) is 4. The van der Waals surface area contributed by atoms with E-state index in [9.17, 15) is 4.39 Å². The average molecular weight is 284 g/mol. The third-order valence-electron chi connectivity index (χ3n) is 3.68. The van der Waals surface area contributed by atoms with Crippen LogP contribution in [0.2, 0.25) is 0 Å². The predicted octanol–water partition coefficient (Wildman–Crippen LogP) is 3.55. The molecule has 1 aliphatic heterocycles. The van der Waals surface area contributed by atoms with E-state index in [0.29, 0.717) is 17.4 Å². The number of allylic oxidation sites excluding steroid dienone is 1. The molecule has 1 aromatic rings. The van der Waals surface area contributed by atoms with Gasteiger partial charge in [-0.3, -0.25) is 0 Å². The fourth-order valence-electron chi connectivity index (χ4n) is 2.53. The highest BCUT2D eigenvalue weighted by Gasteiger charge is 2.21. The summed E-state index contributed by atoms with van der Waals surface area (Å²) in [6.07, 6.45) is 4.63. The van der Waals surface area contributed by atoms with Crippen molar-refractivity contribution in [1.29, 1.82) is 10.5 Å². The first-order valence-electron chi connectivity index (χ1n) is 6.99. The van der Waals surface area contributed by atoms with E-state index in [1.807, 2.05) is 0 Å². The second-order valence-corrected chi connectivity index (χ2v) is 5.13. The zero-order valence-electron chi connectivity index (χ0n) is 11.9. The summed E-state index contributed by atoms with van der Waals surface area (Å²) in [6, 6.07) is 8.71. The first-order valence-corrected chi connectivity index (χ1v) is 6.99. The summed E-state index contributed by atoms with van der Waals surface area (Å²) in [5, 5.41) is 20.0. The Bertz CT molecular complexity index is 608. The highest BCUT2D eigenvalue weighted by molar-refractivity contribution is 5.58. The Labute approximate surface area is 124 Å². The van der Waals surface area contributed by atoms with E-state index in [1.165, 1.54) is 18.7 Å². The van der Waals surface area contributed by atoms with Gasteiger partial charge < -0.3 is 10.2 Å². The first-order chi connectivity index (χ1) is 10.2. The number of rotatable bonds is 3. The molecule has 1 aliphatic rings. The minimum absolute atomic E-state index is 0.0517. The maximum absolute atomic E-state index is 14.3. The Morgan fingerprint density at radius 2 is 2.14 bits per heavy atom. The standard InChI is InChI=1S/C16H17FN4/c1-12-4-2-3-7-21(12)16-6-5-14(8-15(16)17)20-11-13(9-18)10-19/h5-6,8,11-12,20H,2-4,7H2,1H3. The Morgan fingerprint density at radius 3 is 2.76 bits per heavy atom. The summed E-state index contributed by atoms with van der Waals surface area (Å²) in [6.45, 7) is 2.98. The van der Waals surface area contributed by atoms with Crippen LogP contribution in [-0.4, -0.2) is 12.6 Å². The lowest BCUT2D eigenvalue weighted by molar-refractivity contribution is 0.476. The van der Waals surface area contributed by atoms with Gasteiger partial charge >= 0.3 is 0 Å². The number of nitrogens with zero attached hydrogens (tertiary/aromatic N) is 3. The second-order valence-electron chi connectivity index (χ2n) is 5.13. The molecule has 5 heteroatoms. The van der Waals surface area contributed by atoms with Crippen molar-refractivity contribution in [2.24, 2.45) is 0 Å². The zero-order valence-corrected chi connectivity index (χ0v) is 11.9. The van der Waals surface area contributed by atoms with Crippen LogP contribution in [0, 0.1) is 28.5 Å². The molecule has 1 unspecified atom stereocenters. The summed E-state index contributed by atoms with van der Waals surface area (Å²) >= 11 is 0. The fourth-order valence-corrected chi connectivity index (χ4v) is 2.53. The number of anilines is 2. The molecule has 0 aromatic heterocycles. The van der Waals surface area contributed by atoms with Gasteiger partial charge in [-0.15, -0.1) is 0 Å².